The van der Waals surface area contributed by atoms with E-state index in [-0.39, 0.29) is 59.8 Å². The number of nitrogens with one attached hydrogen (secondary N) is 1. The highest BCUT2D eigenvalue weighted by Crippen LogP contribution is 2.06. The predicted octanol–water partition coefficient (Wildman–Crippen LogP) is -6.59. The van der Waals surface area contributed by atoms with Crippen LogP contribution in [0, 0.1) is 5.92 Å². The molecule has 0 bridgehead atoms. The maximum atomic E-state index is 11.7. The van der Waals surface area contributed by atoms with Crippen LogP contribution in [0.15, 0.2) is 0 Å². The lowest BCUT2D eigenvalue weighted by molar-refractivity contribution is -0.890. The molecule has 0 saturated heterocycles. The highest BCUT2D eigenvalue weighted by atomic mass is 127. The van der Waals surface area contributed by atoms with Gasteiger partial charge in [0.25, 0.3) is 0 Å². The molecule has 0 amide bonds. The van der Waals surface area contributed by atoms with Gasteiger partial charge in [-0.25, -0.2) is 0 Å². The van der Waals surface area contributed by atoms with Gasteiger partial charge < -0.3 is 62.1 Å². The Hall–Kier alpha value is 0.850. The van der Waals surface area contributed by atoms with Gasteiger partial charge in [-0.15, -0.1) is 0 Å². The molecule has 1 unspecified atom stereocenters. The SMILES string of the molecule is CC[N+](C)(C)CC(C)C(=O)OCC[NH+](C)C.[I-].[I-]. The molecule has 0 spiro atoms. The van der Waals surface area contributed by atoms with Crippen LogP contribution in [0.1, 0.15) is 13.8 Å². The fourth-order valence-corrected chi connectivity index (χ4v) is 1.44. The summed E-state index contributed by atoms with van der Waals surface area (Å²) in [7, 11) is 8.37. The largest absolute Gasteiger partial charge is 1.00 e. The summed E-state index contributed by atoms with van der Waals surface area (Å²) in [4.78, 5) is 13.0. The number of esters is 1. The van der Waals surface area contributed by atoms with Crippen LogP contribution in [0.4, 0.5) is 0 Å². The summed E-state index contributed by atoms with van der Waals surface area (Å²) in [6.07, 6.45) is 0. The molecule has 1 N–H and O–H groups in total. The first-order valence-corrected chi connectivity index (χ1v) is 6.06. The molecule has 0 radical (unpaired) electrons. The number of hydrogen-bond acceptors (Lipinski definition) is 2. The van der Waals surface area contributed by atoms with Crippen molar-refractivity contribution in [2.75, 3.05) is 54.4 Å². The standard InChI is InChI=1S/C12H27N2O2.2HI/c1-7-14(5,6)10-11(2)12(15)16-9-8-13(3)4;;/h11H,7-10H2,1-6H3;2*1H/q+1;;/p-1. The third-order valence-corrected chi connectivity index (χ3v) is 2.87. The monoisotopic (exact) mass is 486 g/mol. The van der Waals surface area contributed by atoms with E-state index < -0.39 is 0 Å². The number of likely N-dealkylation sites (N-methyl/N-ethyl adjacent to an activating group) is 1. The van der Waals surface area contributed by atoms with Gasteiger partial charge in [0.2, 0.25) is 0 Å². The average Bonchev–Trinajstić information content (AvgIpc) is 2.16. The molecule has 0 aliphatic carbocycles. The van der Waals surface area contributed by atoms with E-state index in [1.54, 1.807) is 0 Å². The van der Waals surface area contributed by atoms with E-state index in [0.717, 1.165) is 24.1 Å². The summed E-state index contributed by atoms with van der Waals surface area (Å²) in [5, 5.41) is 0. The lowest BCUT2D eigenvalue weighted by atomic mass is 10.1. The summed E-state index contributed by atoms with van der Waals surface area (Å²) < 4.78 is 6.09. The van der Waals surface area contributed by atoms with Crippen LogP contribution in [-0.4, -0.2) is 64.9 Å². The number of hydrogen-bond donors (Lipinski definition) is 1. The summed E-state index contributed by atoms with van der Waals surface area (Å²) >= 11 is 0. The molecule has 0 fully saturated rings. The fraction of sp³-hybridized carbons (Fsp3) is 0.917. The third-order valence-electron chi connectivity index (χ3n) is 2.87. The van der Waals surface area contributed by atoms with Crippen molar-refractivity contribution in [3.8, 4) is 0 Å². The van der Waals surface area contributed by atoms with Crippen molar-refractivity contribution in [3.05, 3.63) is 0 Å². The molecule has 0 aromatic carbocycles. The first-order chi connectivity index (χ1) is 7.28. The van der Waals surface area contributed by atoms with Gasteiger partial charge >= 0.3 is 5.97 Å². The Morgan fingerprint density at radius 2 is 1.78 bits per heavy atom. The number of carbonyl (C=O) groups is 1. The summed E-state index contributed by atoms with van der Waals surface area (Å²) in [6, 6.07) is 0. The second-order valence-corrected chi connectivity index (χ2v) is 5.46. The quantitative estimate of drug-likeness (QED) is 0.221. The minimum atomic E-state index is -0.0686. The van der Waals surface area contributed by atoms with Crippen LogP contribution in [-0.2, 0) is 9.53 Å². The van der Waals surface area contributed by atoms with Gasteiger partial charge in [-0.3, -0.25) is 4.79 Å². The lowest BCUT2D eigenvalue weighted by Gasteiger charge is -2.30. The molecule has 6 heteroatoms. The molecular formula is C12H28I2N2O2. The molecule has 0 aliphatic heterocycles. The number of nitrogens with zero attached hydrogens (tertiary/aromatic N) is 1. The first-order valence-electron chi connectivity index (χ1n) is 6.06. The second kappa shape index (κ2) is 11.7. The van der Waals surface area contributed by atoms with Crippen molar-refractivity contribution in [3.63, 3.8) is 0 Å². The summed E-state index contributed by atoms with van der Waals surface area (Å²) in [6.45, 7) is 7.33. The Balaban J connectivity index is -0.00000112. The number of carbonyl (C=O) groups excluding carboxylic acids is 1. The van der Waals surface area contributed by atoms with E-state index in [4.69, 9.17) is 4.74 Å². The zero-order valence-electron chi connectivity index (χ0n) is 12.4. The molecule has 1 atom stereocenters. The van der Waals surface area contributed by atoms with Gasteiger partial charge in [0.05, 0.1) is 41.3 Å². The lowest BCUT2D eigenvalue weighted by Crippen LogP contribution is -3.06. The molecule has 0 aromatic heterocycles. The molecular weight excluding hydrogens is 458 g/mol. The van der Waals surface area contributed by atoms with Gasteiger partial charge in [0.15, 0.2) is 0 Å². The van der Waals surface area contributed by atoms with Crippen molar-refractivity contribution in [1.29, 1.82) is 0 Å². The number of quaternary nitrogens is 2. The van der Waals surface area contributed by atoms with E-state index in [1.807, 2.05) is 21.0 Å². The fourth-order valence-electron chi connectivity index (χ4n) is 1.44. The van der Waals surface area contributed by atoms with E-state index in [1.165, 1.54) is 4.90 Å². The zero-order chi connectivity index (χ0) is 12.8. The first kappa shape index (κ1) is 23.9. The van der Waals surface area contributed by atoms with Gasteiger partial charge in [-0.05, 0) is 13.8 Å². The molecule has 0 aliphatic rings. The van der Waals surface area contributed by atoms with E-state index >= 15 is 0 Å². The molecule has 0 aromatic rings. The van der Waals surface area contributed by atoms with Crippen LogP contribution < -0.4 is 52.9 Å². The van der Waals surface area contributed by atoms with Gasteiger partial charge in [-0.1, -0.05) is 0 Å². The van der Waals surface area contributed by atoms with Crippen molar-refractivity contribution < 1.29 is 66.9 Å². The van der Waals surface area contributed by atoms with Crippen LogP contribution >= 0.6 is 0 Å². The Labute approximate surface area is 146 Å². The van der Waals surface area contributed by atoms with Crippen LogP contribution in [0.2, 0.25) is 0 Å². The number of ether oxygens (including phenoxy) is 1. The van der Waals surface area contributed by atoms with Gasteiger partial charge in [-0.2, -0.15) is 0 Å². The van der Waals surface area contributed by atoms with E-state index in [0.29, 0.717) is 6.61 Å². The van der Waals surface area contributed by atoms with Gasteiger partial charge in [0, 0.05) is 0 Å². The van der Waals surface area contributed by atoms with Gasteiger partial charge in [0.1, 0.15) is 19.1 Å². The maximum Gasteiger partial charge on any atom is 0.314 e. The van der Waals surface area contributed by atoms with Crippen molar-refractivity contribution in [2.45, 2.75) is 13.8 Å². The molecule has 0 heterocycles. The normalized spacial score (nSPS) is 12.4. The Kier molecular flexibility index (Phi) is 15.5. The summed E-state index contributed by atoms with van der Waals surface area (Å²) in [5.41, 5.74) is 0. The van der Waals surface area contributed by atoms with Crippen LogP contribution in [0.5, 0.6) is 0 Å². The molecule has 0 rings (SSSR count). The molecule has 18 heavy (non-hydrogen) atoms. The maximum absolute atomic E-state index is 11.7. The zero-order valence-corrected chi connectivity index (χ0v) is 16.7. The minimum absolute atomic E-state index is 0. The van der Waals surface area contributed by atoms with Crippen LogP contribution in [0.25, 0.3) is 0 Å². The van der Waals surface area contributed by atoms with E-state index in [2.05, 4.69) is 21.0 Å². The highest BCUT2D eigenvalue weighted by Gasteiger charge is 2.23. The van der Waals surface area contributed by atoms with Crippen molar-refractivity contribution in [2.24, 2.45) is 5.92 Å². The Morgan fingerprint density at radius 1 is 1.28 bits per heavy atom. The van der Waals surface area contributed by atoms with Crippen molar-refractivity contribution in [1.82, 2.24) is 0 Å². The number of rotatable bonds is 7. The Morgan fingerprint density at radius 3 is 2.17 bits per heavy atom. The highest BCUT2D eigenvalue weighted by molar-refractivity contribution is 5.72. The summed E-state index contributed by atoms with van der Waals surface area (Å²) in [5.74, 6) is -0.0898. The topological polar surface area (TPSA) is 30.7 Å². The predicted molar refractivity (Wildman–Crippen MR) is 65.3 cm³/mol. The number of halogens is 2. The van der Waals surface area contributed by atoms with Crippen molar-refractivity contribution >= 4 is 5.97 Å². The average molecular weight is 486 g/mol. The Bertz CT molecular complexity index is 224. The van der Waals surface area contributed by atoms with E-state index in [9.17, 15) is 4.79 Å². The minimum Gasteiger partial charge on any atom is -1.00 e. The molecule has 0 saturated carbocycles. The third kappa shape index (κ3) is 11.9. The molecule has 4 nitrogen and oxygen atoms in total. The molecule has 112 valence electrons. The second-order valence-electron chi connectivity index (χ2n) is 5.46. The smallest absolute Gasteiger partial charge is 0.314 e. The van der Waals surface area contributed by atoms with Crippen LogP contribution in [0.3, 0.4) is 0 Å².